The third kappa shape index (κ3) is 2.46. The molecule has 0 aliphatic carbocycles. The molecule has 0 amide bonds. The molecule has 0 radical (unpaired) electrons. The van der Waals surface area contributed by atoms with Gasteiger partial charge in [0, 0.05) is 13.2 Å². The number of aliphatic hydroxyl groups excluding tert-OH is 1. The number of aromatic nitrogens is 2. The molecule has 0 saturated carbocycles. The minimum Gasteiger partial charge on any atom is -0.396 e. The topological polar surface area (TPSA) is 81.1 Å². The van der Waals surface area contributed by atoms with Crippen molar-refractivity contribution in [3.8, 4) is 0 Å². The number of nitrogen functional groups attached to an aromatic ring is 1. The van der Waals surface area contributed by atoms with Crippen LogP contribution in [0.4, 0.5) is 5.69 Å². The second-order valence-corrected chi connectivity index (χ2v) is 3.24. The van der Waals surface area contributed by atoms with Crippen molar-refractivity contribution in [3.05, 3.63) is 21.8 Å². The quantitative estimate of drug-likeness (QED) is 0.560. The Hall–Kier alpha value is -1.07. The van der Waals surface area contributed by atoms with Gasteiger partial charge in [0.05, 0.1) is 6.33 Å². The Bertz CT molecular complexity index is 364. The largest absolute Gasteiger partial charge is 0.396 e. The van der Waals surface area contributed by atoms with Crippen molar-refractivity contribution < 1.29 is 5.11 Å². The second kappa shape index (κ2) is 4.97. The molecule has 3 N–H and O–H groups in total. The number of aryl methyl sites for hydroxylation is 1. The van der Waals surface area contributed by atoms with Crippen molar-refractivity contribution >= 4 is 17.3 Å². The Balaban J connectivity index is 2.79. The average Bonchev–Trinajstić information content (AvgIpc) is 2.18. The summed E-state index contributed by atoms with van der Waals surface area (Å²) in [6.45, 7) is 0.610. The van der Waals surface area contributed by atoms with Crippen molar-refractivity contribution in [1.82, 2.24) is 9.55 Å². The van der Waals surface area contributed by atoms with Crippen LogP contribution in [-0.4, -0.2) is 21.3 Å². The van der Waals surface area contributed by atoms with Gasteiger partial charge in [0.1, 0.15) is 5.69 Å². The number of hydrogen-bond acceptors (Lipinski definition) is 4. The van der Waals surface area contributed by atoms with Crippen LogP contribution in [-0.2, 0) is 6.54 Å². The maximum Gasteiger partial charge on any atom is 0.278 e. The van der Waals surface area contributed by atoms with Crippen LogP contribution in [0.1, 0.15) is 12.8 Å². The second-order valence-electron chi connectivity index (χ2n) is 2.88. The molecule has 5 nitrogen and oxygen atoms in total. The van der Waals surface area contributed by atoms with Gasteiger partial charge in [-0.3, -0.25) is 9.36 Å². The van der Waals surface area contributed by atoms with Crippen LogP contribution < -0.4 is 11.3 Å². The molecule has 14 heavy (non-hydrogen) atoms. The fourth-order valence-electron chi connectivity index (χ4n) is 1.04. The highest BCUT2D eigenvalue weighted by molar-refractivity contribution is 6.31. The van der Waals surface area contributed by atoms with E-state index in [1.54, 1.807) is 0 Å². The van der Waals surface area contributed by atoms with Gasteiger partial charge in [-0.25, -0.2) is 4.98 Å². The molecule has 0 aliphatic heterocycles. The number of nitrogens with two attached hydrogens (primary N) is 1. The van der Waals surface area contributed by atoms with Gasteiger partial charge in [0.25, 0.3) is 5.56 Å². The maximum atomic E-state index is 11.4. The van der Waals surface area contributed by atoms with Crippen LogP contribution in [0.15, 0.2) is 11.1 Å². The van der Waals surface area contributed by atoms with Crippen LogP contribution >= 0.6 is 11.6 Å². The highest BCUT2D eigenvalue weighted by Crippen LogP contribution is 2.08. The number of halogens is 1. The summed E-state index contributed by atoms with van der Waals surface area (Å²) < 4.78 is 1.39. The van der Waals surface area contributed by atoms with Crippen molar-refractivity contribution in [2.75, 3.05) is 12.3 Å². The molecule has 0 fully saturated rings. The number of aliphatic hydroxyl groups is 1. The number of rotatable bonds is 4. The first kappa shape index (κ1) is 11.0. The Morgan fingerprint density at radius 2 is 2.29 bits per heavy atom. The summed E-state index contributed by atoms with van der Waals surface area (Å²) in [6, 6.07) is 0. The lowest BCUT2D eigenvalue weighted by atomic mass is 10.3. The molecule has 0 aliphatic rings. The van der Waals surface area contributed by atoms with Crippen LogP contribution in [0, 0.1) is 0 Å². The molecular weight excluding hydrogens is 206 g/mol. The first-order valence-electron chi connectivity index (χ1n) is 4.28. The SMILES string of the molecule is Nc1c(Cl)ncn(CCCCO)c1=O. The predicted octanol–water partition coefficient (Wildman–Crippen LogP) is 0.251. The zero-order valence-electron chi connectivity index (χ0n) is 7.61. The third-order valence-electron chi connectivity index (χ3n) is 1.83. The minimum atomic E-state index is -0.331. The average molecular weight is 218 g/mol. The van der Waals surface area contributed by atoms with E-state index in [-0.39, 0.29) is 23.0 Å². The number of unbranched alkanes of at least 4 members (excludes halogenated alkanes) is 1. The van der Waals surface area contributed by atoms with Gasteiger partial charge in [0.15, 0.2) is 5.15 Å². The van der Waals surface area contributed by atoms with E-state index in [4.69, 9.17) is 22.4 Å². The standard InChI is InChI=1S/C8H12ClN3O2/c9-7-6(10)8(14)12(5-11-7)3-1-2-4-13/h5,13H,1-4,10H2. The monoisotopic (exact) mass is 217 g/mol. The molecule has 1 rings (SSSR count). The minimum absolute atomic E-state index is 0.0295. The summed E-state index contributed by atoms with van der Waals surface area (Å²) in [5, 5.41) is 8.60. The van der Waals surface area contributed by atoms with Gasteiger partial charge in [-0.2, -0.15) is 0 Å². The highest BCUT2D eigenvalue weighted by atomic mass is 35.5. The van der Waals surface area contributed by atoms with Gasteiger partial charge < -0.3 is 10.8 Å². The number of anilines is 1. The van der Waals surface area contributed by atoms with E-state index in [9.17, 15) is 4.79 Å². The van der Waals surface area contributed by atoms with E-state index in [1.165, 1.54) is 10.9 Å². The molecule has 6 heteroatoms. The third-order valence-corrected chi connectivity index (χ3v) is 2.13. The Morgan fingerprint density at radius 1 is 1.57 bits per heavy atom. The molecule has 1 aromatic heterocycles. The summed E-state index contributed by atoms with van der Waals surface area (Å²) >= 11 is 5.56. The van der Waals surface area contributed by atoms with Gasteiger partial charge in [-0.05, 0) is 12.8 Å². The van der Waals surface area contributed by atoms with Crippen molar-refractivity contribution in [3.63, 3.8) is 0 Å². The summed E-state index contributed by atoms with van der Waals surface area (Å²) in [6.07, 6.45) is 2.71. The molecule has 0 spiro atoms. The molecular formula is C8H12ClN3O2. The van der Waals surface area contributed by atoms with Crippen LogP contribution in [0.25, 0.3) is 0 Å². The van der Waals surface area contributed by atoms with Crippen molar-refractivity contribution in [1.29, 1.82) is 0 Å². The Labute approximate surface area is 86.1 Å². The van der Waals surface area contributed by atoms with Gasteiger partial charge in [0.2, 0.25) is 0 Å². The highest BCUT2D eigenvalue weighted by Gasteiger charge is 2.05. The van der Waals surface area contributed by atoms with Gasteiger partial charge in [-0.1, -0.05) is 11.6 Å². The van der Waals surface area contributed by atoms with E-state index < -0.39 is 0 Å². The summed E-state index contributed by atoms with van der Waals surface area (Å²) in [5.41, 5.74) is 5.05. The summed E-state index contributed by atoms with van der Waals surface area (Å²) in [4.78, 5) is 15.2. The lowest BCUT2D eigenvalue weighted by molar-refractivity contribution is 0.281. The molecule has 1 aromatic rings. The molecule has 0 aromatic carbocycles. The summed E-state index contributed by atoms with van der Waals surface area (Å²) in [7, 11) is 0. The molecule has 0 bridgehead atoms. The Morgan fingerprint density at radius 3 is 2.93 bits per heavy atom. The predicted molar refractivity (Wildman–Crippen MR) is 54.2 cm³/mol. The van der Waals surface area contributed by atoms with E-state index in [2.05, 4.69) is 4.98 Å². The molecule has 0 saturated heterocycles. The van der Waals surface area contributed by atoms with Crippen molar-refractivity contribution in [2.24, 2.45) is 0 Å². The fraction of sp³-hybridized carbons (Fsp3) is 0.500. The Kier molecular flexibility index (Phi) is 3.91. The van der Waals surface area contributed by atoms with Crippen LogP contribution in [0.2, 0.25) is 5.15 Å². The normalized spacial score (nSPS) is 10.4. The van der Waals surface area contributed by atoms with Gasteiger partial charge in [-0.15, -0.1) is 0 Å². The molecule has 78 valence electrons. The maximum absolute atomic E-state index is 11.4. The summed E-state index contributed by atoms with van der Waals surface area (Å²) in [5.74, 6) is 0. The van der Waals surface area contributed by atoms with Gasteiger partial charge >= 0.3 is 0 Å². The number of nitrogens with zero attached hydrogens (tertiary/aromatic N) is 2. The van der Waals surface area contributed by atoms with E-state index in [0.29, 0.717) is 19.4 Å². The van der Waals surface area contributed by atoms with E-state index in [1.807, 2.05) is 0 Å². The first-order chi connectivity index (χ1) is 6.66. The fourth-order valence-corrected chi connectivity index (χ4v) is 1.16. The van der Waals surface area contributed by atoms with Crippen LogP contribution in [0.3, 0.4) is 0 Å². The van der Waals surface area contributed by atoms with E-state index >= 15 is 0 Å². The number of hydrogen-bond donors (Lipinski definition) is 2. The molecule has 1 heterocycles. The zero-order valence-corrected chi connectivity index (χ0v) is 8.37. The molecule has 0 unspecified atom stereocenters. The van der Waals surface area contributed by atoms with Crippen LogP contribution in [0.5, 0.6) is 0 Å². The van der Waals surface area contributed by atoms with E-state index in [0.717, 1.165) is 0 Å². The lowest BCUT2D eigenvalue weighted by Crippen LogP contribution is -2.23. The zero-order chi connectivity index (χ0) is 10.6. The van der Waals surface area contributed by atoms with Crippen molar-refractivity contribution in [2.45, 2.75) is 19.4 Å². The molecule has 0 atom stereocenters. The smallest absolute Gasteiger partial charge is 0.278 e. The lowest BCUT2D eigenvalue weighted by Gasteiger charge is -2.05. The first-order valence-corrected chi connectivity index (χ1v) is 4.66.